The Morgan fingerprint density at radius 1 is 0.852 bits per heavy atom. The van der Waals surface area contributed by atoms with Gasteiger partial charge < -0.3 is 10.6 Å². The summed E-state index contributed by atoms with van der Waals surface area (Å²) in [6.45, 7) is 4.38. The van der Waals surface area contributed by atoms with Gasteiger partial charge in [0.25, 0.3) is 0 Å². The van der Waals surface area contributed by atoms with E-state index < -0.39 is 0 Å². The van der Waals surface area contributed by atoms with Gasteiger partial charge in [0.1, 0.15) is 0 Å². The molecule has 3 aromatic carbocycles. The Morgan fingerprint density at radius 2 is 1.52 bits per heavy atom. The fraction of sp³-hybridized carbons (Fsp3) is 0.208. The largest absolute Gasteiger partial charge is 0.325 e. The normalized spacial score (nSPS) is 11.8. The molecule has 3 aromatic rings. The van der Waals surface area contributed by atoms with Gasteiger partial charge in [-0.2, -0.15) is 0 Å². The van der Waals surface area contributed by atoms with Crippen LogP contribution in [-0.4, -0.2) is 12.5 Å². The zero-order valence-corrected chi connectivity index (χ0v) is 15.9. The predicted molar refractivity (Wildman–Crippen MR) is 112 cm³/mol. The molecule has 27 heavy (non-hydrogen) atoms. The van der Waals surface area contributed by atoms with E-state index in [2.05, 4.69) is 48.7 Å². The lowest BCUT2D eigenvalue weighted by molar-refractivity contribution is -0.115. The number of carbonyl (C=O) groups excluding carboxylic acids is 1. The number of rotatable bonds is 7. The first-order chi connectivity index (χ1) is 13.1. The van der Waals surface area contributed by atoms with Crippen molar-refractivity contribution < 1.29 is 4.79 Å². The van der Waals surface area contributed by atoms with E-state index in [9.17, 15) is 4.79 Å². The van der Waals surface area contributed by atoms with E-state index in [1.54, 1.807) is 0 Å². The van der Waals surface area contributed by atoms with Gasteiger partial charge in [0, 0.05) is 11.7 Å². The van der Waals surface area contributed by atoms with E-state index in [4.69, 9.17) is 0 Å². The third kappa shape index (κ3) is 5.53. The van der Waals surface area contributed by atoms with Crippen LogP contribution in [0.1, 0.15) is 28.3 Å². The Labute approximate surface area is 161 Å². The Hall–Kier alpha value is -2.91. The number of anilines is 1. The molecule has 0 fully saturated rings. The maximum absolute atomic E-state index is 12.4. The molecular formula is C24H26N2O. The summed E-state index contributed by atoms with van der Waals surface area (Å²) in [5.41, 5.74) is 5.66. The number of hydrogen-bond acceptors (Lipinski definition) is 2. The second kappa shape index (κ2) is 9.15. The van der Waals surface area contributed by atoms with Gasteiger partial charge in [0.2, 0.25) is 5.91 Å². The first kappa shape index (κ1) is 18.9. The summed E-state index contributed by atoms with van der Waals surface area (Å²) in [6, 6.07) is 26.7. The van der Waals surface area contributed by atoms with Crippen LogP contribution in [0.4, 0.5) is 5.69 Å². The van der Waals surface area contributed by atoms with E-state index in [0.29, 0.717) is 0 Å². The number of carbonyl (C=O) groups is 1. The Balaban J connectivity index is 1.65. The van der Waals surface area contributed by atoms with Crippen LogP contribution in [0.15, 0.2) is 78.9 Å². The van der Waals surface area contributed by atoms with Gasteiger partial charge >= 0.3 is 0 Å². The average Bonchev–Trinajstić information content (AvgIpc) is 2.69. The predicted octanol–water partition coefficient (Wildman–Crippen LogP) is 4.82. The molecule has 0 heterocycles. The molecule has 3 rings (SSSR count). The van der Waals surface area contributed by atoms with Crippen molar-refractivity contribution in [3.63, 3.8) is 0 Å². The van der Waals surface area contributed by atoms with Gasteiger partial charge in [-0.25, -0.2) is 0 Å². The van der Waals surface area contributed by atoms with Crippen molar-refractivity contribution in [3.05, 3.63) is 101 Å². The summed E-state index contributed by atoms with van der Waals surface area (Å²) in [5.74, 6) is -0.0350. The molecule has 1 amide bonds. The van der Waals surface area contributed by atoms with Gasteiger partial charge in [0.05, 0.1) is 6.54 Å². The number of amides is 1. The second-order valence-electron chi connectivity index (χ2n) is 6.88. The summed E-state index contributed by atoms with van der Waals surface area (Å²) < 4.78 is 0. The molecule has 0 radical (unpaired) electrons. The molecule has 0 saturated heterocycles. The van der Waals surface area contributed by atoms with Crippen LogP contribution in [0.3, 0.4) is 0 Å². The number of aryl methyl sites for hydroxylation is 2. The first-order valence-corrected chi connectivity index (χ1v) is 9.31. The van der Waals surface area contributed by atoms with Gasteiger partial charge in [0.15, 0.2) is 0 Å². The molecule has 3 heteroatoms. The summed E-state index contributed by atoms with van der Waals surface area (Å²) >= 11 is 0. The minimum absolute atomic E-state index is 0.0350. The van der Waals surface area contributed by atoms with Crippen molar-refractivity contribution in [1.82, 2.24) is 5.32 Å². The van der Waals surface area contributed by atoms with Gasteiger partial charge in [-0.1, -0.05) is 66.7 Å². The van der Waals surface area contributed by atoms with Gasteiger partial charge in [-0.05, 0) is 54.7 Å². The minimum atomic E-state index is -0.0350. The maximum atomic E-state index is 12.4. The number of nitrogens with one attached hydrogen (secondary N) is 2. The Bertz CT molecular complexity index is 875. The molecule has 0 aliphatic heterocycles. The van der Waals surface area contributed by atoms with Crippen molar-refractivity contribution >= 4 is 11.6 Å². The van der Waals surface area contributed by atoms with Crippen molar-refractivity contribution in [2.45, 2.75) is 26.3 Å². The van der Waals surface area contributed by atoms with E-state index >= 15 is 0 Å². The quantitative estimate of drug-likeness (QED) is 0.636. The minimum Gasteiger partial charge on any atom is -0.325 e. The van der Waals surface area contributed by atoms with Crippen molar-refractivity contribution in [2.24, 2.45) is 0 Å². The fourth-order valence-corrected chi connectivity index (χ4v) is 3.08. The summed E-state index contributed by atoms with van der Waals surface area (Å²) in [4.78, 5) is 12.4. The summed E-state index contributed by atoms with van der Waals surface area (Å²) in [7, 11) is 0. The standard InChI is InChI=1S/C24H26N2O/c1-18-13-14-22(15-19(18)2)26-24(27)17-25-23(21-11-7-4-8-12-21)16-20-9-5-3-6-10-20/h3-15,23,25H,16-17H2,1-2H3,(H,26,27). The molecule has 1 atom stereocenters. The zero-order chi connectivity index (χ0) is 19.1. The van der Waals surface area contributed by atoms with Crippen molar-refractivity contribution in [1.29, 1.82) is 0 Å². The highest BCUT2D eigenvalue weighted by molar-refractivity contribution is 5.92. The topological polar surface area (TPSA) is 41.1 Å². The van der Waals surface area contributed by atoms with Crippen LogP contribution in [0.2, 0.25) is 0 Å². The van der Waals surface area contributed by atoms with Crippen LogP contribution < -0.4 is 10.6 Å². The zero-order valence-electron chi connectivity index (χ0n) is 15.9. The molecule has 138 valence electrons. The van der Waals surface area contributed by atoms with Crippen LogP contribution in [-0.2, 0) is 11.2 Å². The molecule has 1 unspecified atom stereocenters. The monoisotopic (exact) mass is 358 g/mol. The molecule has 0 aliphatic carbocycles. The van der Waals surface area contributed by atoms with Crippen molar-refractivity contribution in [3.8, 4) is 0 Å². The lowest BCUT2D eigenvalue weighted by Crippen LogP contribution is -2.32. The lowest BCUT2D eigenvalue weighted by Gasteiger charge is -2.19. The summed E-state index contributed by atoms with van der Waals surface area (Å²) in [6.07, 6.45) is 0.835. The first-order valence-electron chi connectivity index (χ1n) is 9.31. The SMILES string of the molecule is Cc1ccc(NC(=O)CNC(Cc2ccccc2)c2ccccc2)cc1C. The third-order valence-electron chi connectivity index (χ3n) is 4.78. The summed E-state index contributed by atoms with van der Waals surface area (Å²) in [5, 5.41) is 6.40. The maximum Gasteiger partial charge on any atom is 0.238 e. The molecule has 0 spiro atoms. The highest BCUT2D eigenvalue weighted by Crippen LogP contribution is 2.18. The smallest absolute Gasteiger partial charge is 0.238 e. The fourth-order valence-electron chi connectivity index (χ4n) is 3.08. The molecule has 0 aromatic heterocycles. The molecule has 0 bridgehead atoms. The number of hydrogen-bond donors (Lipinski definition) is 2. The molecule has 3 nitrogen and oxygen atoms in total. The van der Waals surface area contributed by atoms with E-state index in [-0.39, 0.29) is 18.5 Å². The Kier molecular flexibility index (Phi) is 6.39. The average molecular weight is 358 g/mol. The van der Waals surface area contributed by atoms with Crippen LogP contribution >= 0.6 is 0 Å². The van der Waals surface area contributed by atoms with E-state index in [1.165, 1.54) is 22.3 Å². The Morgan fingerprint density at radius 3 is 2.19 bits per heavy atom. The van der Waals surface area contributed by atoms with Crippen LogP contribution in [0, 0.1) is 13.8 Å². The lowest BCUT2D eigenvalue weighted by atomic mass is 9.99. The highest BCUT2D eigenvalue weighted by atomic mass is 16.1. The van der Waals surface area contributed by atoms with Crippen LogP contribution in [0.25, 0.3) is 0 Å². The molecule has 0 saturated carbocycles. The van der Waals surface area contributed by atoms with Crippen molar-refractivity contribution in [2.75, 3.05) is 11.9 Å². The van der Waals surface area contributed by atoms with Crippen LogP contribution in [0.5, 0.6) is 0 Å². The van der Waals surface area contributed by atoms with E-state index in [0.717, 1.165) is 12.1 Å². The second-order valence-corrected chi connectivity index (χ2v) is 6.88. The van der Waals surface area contributed by atoms with Gasteiger partial charge in [-0.3, -0.25) is 4.79 Å². The van der Waals surface area contributed by atoms with E-state index in [1.807, 2.05) is 54.6 Å². The third-order valence-corrected chi connectivity index (χ3v) is 4.78. The molecule has 2 N–H and O–H groups in total. The highest BCUT2D eigenvalue weighted by Gasteiger charge is 2.13. The van der Waals surface area contributed by atoms with Gasteiger partial charge in [-0.15, -0.1) is 0 Å². The number of benzene rings is 3. The molecule has 0 aliphatic rings. The molecular weight excluding hydrogens is 332 g/mol.